The highest BCUT2D eigenvalue weighted by atomic mass is 32.2. The zero-order chi connectivity index (χ0) is 13.9. The molecule has 0 aromatic carbocycles. The summed E-state index contributed by atoms with van der Waals surface area (Å²) >= 11 is 1.18. The smallest absolute Gasteiger partial charge is 0.331 e. The molecule has 2 atom stereocenters. The highest BCUT2D eigenvalue weighted by Gasteiger charge is 2.29. The molecule has 1 aromatic heterocycles. The minimum atomic E-state index is -3.54. The lowest BCUT2D eigenvalue weighted by Gasteiger charge is -2.15. The third-order valence-corrected chi connectivity index (χ3v) is 4.81. The summed E-state index contributed by atoms with van der Waals surface area (Å²) in [7, 11) is -3.54. The number of hydrogen-bond donors (Lipinski definition) is 2. The van der Waals surface area contributed by atoms with E-state index >= 15 is 0 Å². The number of amides is 1. The van der Waals surface area contributed by atoms with Crippen molar-refractivity contribution >= 4 is 33.1 Å². The largest absolute Gasteiger partial charge is 0.479 e. The molecular weight excluding hydrogens is 278 g/mol. The van der Waals surface area contributed by atoms with Crippen molar-refractivity contribution in [3.63, 3.8) is 0 Å². The molecule has 1 rings (SSSR count). The van der Waals surface area contributed by atoms with Crippen molar-refractivity contribution in [1.82, 2.24) is 5.32 Å². The summed E-state index contributed by atoms with van der Waals surface area (Å²) < 4.78 is 22.4. The lowest BCUT2D eigenvalue weighted by Crippen LogP contribution is -2.41. The molecule has 6 nitrogen and oxygen atoms in total. The average Bonchev–Trinajstić information content (AvgIpc) is 2.75. The second-order valence-electron chi connectivity index (χ2n) is 3.77. The van der Waals surface area contributed by atoms with Gasteiger partial charge in [0.15, 0.2) is 15.9 Å². The van der Waals surface area contributed by atoms with Crippen LogP contribution < -0.4 is 5.32 Å². The molecule has 0 radical (unpaired) electrons. The van der Waals surface area contributed by atoms with Crippen LogP contribution in [-0.4, -0.2) is 36.9 Å². The van der Waals surface area contributed by atoms with E-state index in [4.69, 9.17) is 5.11 Å². The molecule has 18 heavy (non-hydrogen) atoms. The summed E-state index contributed by atoms with van der Waals surface area (Å²) in [6.07, 6.45) is 0.929. The van der Waals surface area contributed by atoms with Gasteiger partial charge >= 0.3 is 5.97 Å². The first-order valence-corrected chi connectivity index (χ1v) is 7.82. The number of hydrogen-bond acceptors (Lipinski definition) is 5. The van der Waals surface area contributed by atoms with E-state index in [9.17, 15) is 18.0 Å². The van der Waals surface area contributed by atoms with E-state index in [-0.39, 0.29) is 0 Å². The Balaban J connectivity index is 2.87. The van der Waals surface area contributed by atoms with E-state index in [1.807, 2.05) is 0 Å². The van der Waals surface area contributed by atoms with Crippen molar-refractivity contribution in [3.8, 4) is 0 Å². The van der Waals surface area contributed by atoms with E-state index in [1.165, 1.54) is 18.3 Å². The quantitative estimate of drug-likeness (QED) is 0.819. The highest BCUT2D eigenvalue weighted by molar-refractivity contribution is 7.92. The fourth-order valence-corrected chi connectivity index (χ4v) is 2.39. The summed E-state index contributed by atoms with van der Waals surface area (Å²) in [6, 6.07) is 2.00. The van der Waals surface area contributed by atoms with Gasteiger partial charge in [0, 0.05) is 11.1 Å². The SMILES string of the molecule is CC(C(=O)NC(C(=O)O)c1cccs1)S(C)(=O)=O. The molecule has 0 bridgehead atoms. The summed E-state index contributed by atoms with van der Waals surface area (Å²) in [5.41, 5.74) is 0. The Morgan fingerprint density at radius 1 is 1.44 bits per heavy atom. The number of sulfone groups is 1. The fourth-order valence-electron chi connectivity index (χ4n) is 1.16. The van der Waals surface area contributed by atoms with Gasteiger partial charge in [-0.25, -0.2) is 13.2 Å². The van der Waals surface area contributed by atoms with Crippen LogP contribution in [0.1, 0.15) is 17.8 Å². The van der Waals surface area contributed by atoms with Crippen molar-refractivity contribution in [1.29, 1.82) is 0 Å². The van der Waals surface area contributed by atoms with E-state index in [2.05, 4.69) is 5.32 Å². The van der Waals surface area contributed by atoms with Crippen molar-refractivity contribution in [3.05, 3.63) is 22.4 Å². The predicted octanol–water partition coefficient (Wildman–Crippen LogP) is 0.423. The van der Waals surface area contributed by atoms with E-state index in [0.29, 0.717) is 4.88 Å². The molecule has 0 spiro atoms. The molecule has 0 fully saturated rings. The summed E-state index contributed by atoms with van der Waals surface area (Å²) in [4.78, 5) is 23.1. The molecule has 1 aromatic rings. The minimum Gasteiger partial charge on any atom is -0.479 e. The van der Waals surface area contributed by atoms with Gasteiger partial charge in [-0.05, 0) is 18.4 Å². The number of carbonyl (C=O) groups is 2. The van der Waals surface area contributed by atoms with Crippen LogP contribution in [0.25, 0.3) is 0 Å². The van der Waals surface area contributed by atoms with Crippen molar-refractivity contribution in [2.45, 2.75) is 18.2 Å². The van der Waals surface area contributed by atoms with Crippen LogP contribution in [0.3, 0.4) is 0 Å². The summed E-state index contributed by atoms with van der Waals surface area (Å²) in [5.74, 6) is -2.05. The maximum atomic E-state index is 11.7. The topological polar surface area (TPSA) is 101 Å². The van der Waals surface area contributed by atoms with E-state index < -0.39 is 33.0 Å². The lowest BCUT2D eigenvalue weighted by molar-refractivity contribution is -0.141. The average molecular weight is 291 g/mol. The van der Waals surface area contributed by atoms with Crippen LogP contribution in [0.4, 0.5) is 0 Å². The maximum absolute atomic E-state index is 11.7. The van der Waals surface area contributed by atoms with Crippen LogP contribution in [0.2, 0.25) is 0 Å². The zero-order valence-corrected chi connectivity index (χ0v) is 11.4. The maximum Gasteiger partial charge on any atom is 0.331 e. The monoisotopic (exact) mass is 291 g/mol. The number of carboxylic acids is 1. The first-order chi connectivity index (χ1) is 8.23. The van der Waals surface area contributed by atoms with Crippen molar-refractivity contribution < 1.29 is 23.1 Å². The molecule has 1 amide bonds. The Kier molecular flexibility index (Phi) is 4.47. The van der Waals surface area contributed by atoms with Crippen LogP contribution in [0, 0.1) is 0 Å². The molecule has 0 aliphatic rings. The number of thiophene rings is 1. The summed E-state index contributed by atoms with van der Waals surface area (Å²) in [6.45, 7) is 1.22. The third-order valence-electron chi connectivity index (χ3n) is 2.37. The molecule has 0 aliphatic heterocycles. The number of carbonyl (C=O) groups excluding carboxylic acids is 1. The Bertz CT molecular complexity index is 535. The highest BCUT2D eigenvalue weighted by Crippen LogP contribution is 2.19. The molecule has 100 valence electrons. The standard InChI is InChI=1S/C10H13NO5S2/c1-6(18(2,15)16)9(12)11-8(10(13)14)7-4-3-5-17-7/h3-6,8H,1-2H3,(H,11,12)(H,13,14). The van der Waals surface area contributed by atoms with Crippen molar-refractivity contribution in [2.24, 2.45) is 0 Å². The Labute approximate surface area is 109 Å². The Morgan fingerprint density at radius 3 is 2.44 bits per heavy atom. The minimum absolute atomic E-state index is 0.441. The molecular formula is C10H13NO5S2. The molecule has 0 saturated heterocycles. The number of carboxylic acid groups (broad SMARTS) is 1. The number of nitrogens with one attached hydrogen (secondary N) is 1. The number of rotatable bonds is 5. The van der Waals surface area contributed by atoms with Gasteiger partial charge in [-0.15, -0.1) is 11.3 Å². The van der Waals surface area contributed by atoms with Crippen molar-refractivity contribution in [2.75, 3.05) is 6.26 Å². The zero-order valence-electron chi connectivity index (χ0n) is 9.78. The first kappa shape index (κ1) is 14.7. The van der Waals surface area contributed by atoms with Gasteiger partial charge in [0.1, 0.15) is 5.25 Å². The number of aliphatic carboxylic acids is 1. The van der Waals surface area contributed by atoms with Crippen LogP contribution in [0.15, 0.2) is 17.5 Å². The summed E-state index contributed by atoms with van der Waals surface area (Å²) in [5, 5.41) is 11.6. The van der Waals surface area contributed by atoms with Gasteiger partial charge in [0.25, 0.3) is 0 Å². The molecule has 1 heterocycles. The molecule has 8 heteroatoms. The van der Waals surface area contributed by atoms with Crippen LogP contribution in [-0.2, 0) is 19.4 Å². The normalized spacial score (nSPS) is 14.8. The van der Waals surface area contributed by atoms with Gasteiger partial charge in [-0.1, -0.05) is 6.07 Å². The van der Waals surface area contributed by atoms with E-state index in [0.717, 1.165) is 6.26 Å². The molecule has 0 aliphatic carbocycles. The van der Waals surface area contributed by atoms with E-state index in [1.54, 1.807) is 17.5 Å². The third kappa shape index (κ3) is 3.54. The fraction of sp³-hybridized carbons (Fsp3) is 0.400. The lowest BCUT2D eigenvalue weighted by atomic mass is 10.2. The van der Waals surface area contributed by atoms with Crippen LogP contribution >= 0.6 is 11.3 Å². The van der Waals surface area contributed by atoms with Gasteiger partial charge in [-0.3, -0.25) is 4.79 Å². The van der Waals surface area contributed by atoms with Gasteiger partial charge in [0.2, 0.25) is 5.91 Å². The molecule has 2 unspecified atom stereocenters. The van der Waals surface area contributed by atoms with Gasteiger partial charge in [-0.2, -0.15) is 0 Å². The van der Waals surface area contributed by atoms with Crippen LogP contribution in [0.5, 0.6) is 0 Å². The Hall–Kier alpha value is -1.41. The molecule has 0 saturated carbocycles. The second-order valence-corrected chi connectivity index (χ2v) is 7.11. The van der Waals surface area contributed by atoms with Gasteiger partial charge < -0.3 is 10.4 Å². The molecule has 2 N–H and O–H groups in total. The first-order valence-electron chi connectivity index (χ1n) is 4.99. The predicted molar refractivity (Wildman–Crippen MR) is 67.1 cm³/mol. The van der Waals surface area contributed by atoms with Gasteiger partial charge in [0.05, 0.1) is 0 Å². The Morgan fingerprint density at radius 2 is 2.06 bits per heavy atom. The second kappa shape index (κ2) is 5.49.